The Morgan fingerprint density at radius 3 is 2.34 bits per heavy atom. The fourth-order valence-electron chi connectivity index (χ4n) is 5.30. The molecule has 172 valence electrons. The summed E-state index contributed by atoms with van der Waals surface area (Å²) in [6, 6.07) is 6.51. The molecule has 2 heterocycles. The van der Waals surface area contributed by atoms with E-state index >= 15 is 0 Å². The van der Waals surface area contributed by atoms with Crippen molar-refractivity contribution in [3.8, 4) is 0 Å². The number of aliphatic imine (C=N–C) groups is 1. The zero-order valence-electron chi connectivity index (χ0n) is 18.4. The fourth-order valence-corrected chi connectivity index (χ4v) is 5.30. The van der Waals surface area contributed by atoms with Crippen LogP contribution in [0.25, 0.3) is 0 Å². The lowest BCUT2D eigenvalue weighted by Crippen LogP contribution is -2.55. The number of hydrogen-bond acceptors (Lipinski definition) is 4. The Bertz CT molecular complexity index is 1000. The number of fused-ring (bicyclic) bond motifs is 1. The van der Waals surface area contributed by atoms with Gasteiger partial charge in [-0.15, -0.1) is 0 Å². The maximum absolute atomic E-state index is 12.9. The Morgan fingerprint density at radius 1 is 1.12 bits per heavy atom. The maximum atomic E-state index is 12.9. The first-order valence-corrected chi connectivity index (χ1v) is 10.9. The molecule has 0 bridgehead atoms. The summed E-state index contributed by atoms with van der Waals surface area (Å²) in [5.41, 5.74) is 3.28. The normalized spacial score (nSPS) is 21.2. The minimum absolute atomic E-state index is 0.0158. The molecule has 2 fully saturated rings. The van der Waals surface area contributed by atoms with Crippen LogP contribution in [0.5, 0.6) is 0 Å². The van der Waals surface area contributed by atoms with Crippen LogP contribution in [-0.2, 0) is 10.2 Å². The average molecular weight is 448 g/mol. The second kappa shape index (κ2) is 7.98. The molecule has 32 heavy (non-hydrogen) atoms. The van der Waals surface area contributed by atoms with Crippen LogP contribution in [0.4, 0.5) is 13.2 Å². The highest BCUT2D eigenvalue weighted by molar-refractivity contribution is 6.02. The van der Waals surface area contributed by atoms with Crippen molar-refractivity contribution in [2.24, 2.45) is 4.99 Å². The number of alkyl halides is 3. The van der Waals surface area contributed by atoms with Gasteiger partial charge in [0.1, 0.15) is 18.1 Å². The van der Waals surface area contributed by atoms with Gasteiger partial charge in [-0.3, -0.25) is 4.79 Å². The summed E-state index contributed by atoms with van der Waals surface area (Å²) in [5, 5.41) is 10.5. The van der Waals surface area contributed by atoms with Gasteiger partial charge in [-0.25, -0.2) is 4.99 Å². The molecule has 2 aliphatic heterocycles. The predicted molar refractivity (Wildman–Crippen MR) is 116 cm³/mol. The van der Waals surface area contributed by atoms with Gasteiger partial charge in [-0.05, 0) is 32.3 Å². The average Bonchev–Trinajstić information content (AvgIpc) is 3.15. The van der Waals surface area contributed by atoms with Crippen LogP contribution in [0.1, 0.15) is 48.8 Å². The number of aryl methyl sites for hydroxylation is 2. The fraction of sp³-hybridized carbons (Fsp3) is 0.500. The Kier molecular flexibility index (Phi) is 5.59. The second-order valence-electron chi connectivity index (χ2n) is 9.21. The molecule has 1 aliphatic carbocycles. The monoisotopic (exact) mass is 447 g/mol. The first-order chi connectivity index (χ1) is 15.0. The van der Waals surface area contributed by atoms with Crippen molar-refractivity contribution in [3.63, 3.8) is 0 Å². The molecule has 8 heteroatoms. The van der Waals surface area contributed by atoms with Crippen LogP contribution in [-0.4, -0.2) is 52.5 Å². The van der Waals surface area contributed by atoms with Gasteiger partial charge in [0.05, 0.1) is 0 Å². The van der Waals surface area contributed by atoms with Crippen LogP contribution in [0.2, 0.25) is 0 Å². The number of nitrogens with zero attached hydrogens (tertiary/aromatic N) is 3. The minimum atomic E-state index is -4.51. The van der Waals surface area contributed by atoms with Gasteiger partial charge >= 0.3 is 6.18 Å². The lowest BCUT2D eigenvalue weighted by atomic mass is 9.74. The van der Waals surface area contributed by atoms with E-state index in [0.717, 1.165) is 30.6 Å². The zero-order chi connectivity index (χ0) is 23.3. The highest BCUT2D eigenvalue weighted by atomic mass is 19.4. The van der Waals surface area contributed by atoms with Crippen molar-refractivity contribution in [1.29, 1.82) is 0 Å². The van der Waals surface area contributed by atoms with Gasteiger partial charge in [0, 0.05) is 24.9 Å². The molecule has 0 atom stereocenters. The Morgan fingerprint density at radius 2 is 1.75 bits per heavy atom. The van der Waals surface area contributed by atoms with Crippen molar-refractivity contribution in [2.45, 2.75) is 57.5 Å². The van der Waals surface area contributed by atoms with Crippen molar-refractivity contribution in [3.05, 3.63) is 58.6 Å². The van der Waals surface area contributed by atoms with Crippen molar-refractivity contribution in [2.75, 3.05) is 19.6 Å². The highest BCUT2D eigenvalue weighted by Gasteiger charge is 2.45. The molecule has 1 N–H and O–H groups in total. The number of rotatable bonds is 4. The van der Waals surface area contributed by atoms with E-state index in [1.807, 2.05) is 0 Å². The molecule has 3 aliphatic rings. The molecular formula is C24H28F3N3O2. The Hall–Kier alpha value is -2.77. The van der Waals surface area contributed by atoms with Gasteiger partial charge in [0.25, 0.3) is 5.91 Å². The SMILES string of the molecule is C=C1N=C(CC2(c3cc(C)cc(C)c3)CCCC2)N2CCN(CC(F)(F)F)C(=O)C2=C1O. The number of carbonyl (C=O) groups excluding carboxylic acids is 1. The Balaban J connectivity index is 1.67. The second-order valence-corrected chi connectivity index (χ2v) is 9.21. The van der Waals surface area contributed by atoms with E-state index in [9.17, 15) is 23.1 Å². The first-order valence-electron chi connectivity index (χ1n) is 10.9. The molecule has 5 nitrogen and oxygen atoms in total. The predicted octanol–water partition coefficient (Wildman–Crippen LogP) is 4.91. The van der Waals surface area contributed by atoms with E-state index in [1.165, 1.54) is 16.7 Å². The molecule has 1 aromatic rings. The third-order valence-corrected chi connectivity index (χ3v) is 6.69. The van der Waals surface area contributed by atoms with E-state index < -0.39 is 24.4 Å². The molecule has 0 unspecified atom stereocenters. The summed E-state index contributed by atoms with van der Waals surface area (Å²) in [5.74, 6) is -0.701. The third kappa shape index (κ3) is 4.14. The number of hydrogen-bond donors (Lipinski definition) is 1. The van der Waals surface area contributed by atoms with Crippen LogP contribution in [0, 0.1) is 13.8 Å². The lowest BCUT2D eigenvalue weighted by molar-refractivity contribution is -0.161. The van der Waals surface area contributed by atoms with E-state index in [-0.39, 0.29) is 29.9 Å². The number of amides is 1. The summed E-state index contributed by atoms with van der Waals surface area (Å²) in [7, 11) is 0. The van der Waals surface area contributed by atoms with Crippen molar-refractivity contribution in [1.82, 2.24) is 9.80 Å². The largest absolute Gasteiger partial charge is 0.504 e. The summed E-state index contributed by atoms with van der Waals surface area (Å²) in [6.45, 7) is 6.60. The summed E-state index contributed by atoms with van der Waals surface area (Å²) in [6.07, 6.45) is 0.121. The zero-order valence-corrected chi connectivity index (χ0v) is 18.4. The molecule has 0 spiro atoms. The third-order valence-electron chi connectivity index (χ3n) is 6.69. The smallest absolute Gasteiger partial charge is 0.406 e. The number of aliphatic hydroxyl groups is 1. The molecule has 4 rings (SSSR count). The van der Waals surface area contributed by atoms with Gasteiger partial charge < -0.3 is 14.9 Å². The number of benzene rings is 1. The summed E-state index contributed by atoms with van der Waals surface area (Å²) >= 11 is 0. The molecule has 1 aromatic carbocycles. The molecule has 1 saturated carbocycles. The summed E-state index contributed by atoms with van der Waals surface area (Å²) < 4.78 is 38.8. The van der Waals surface area contributed by atoms with Gasteiger partial charge in [-0.1, -0.05) is 48.7 Å². The number of piperazine rings is 1. The van der Waals surface area contributed by atoms with E-state index in [1.54, 1.807) is 4.90 Å². The maximum Gasteiger partial charge on any atom is 0.406 e. The molecule has 0 aromatic heterocycles. The van der Waals surface area contributed by atoms with Crippen LogP contribution in [0.15, 0.2) is 46.9 Å². The number of aliphatic hydroxyl groups excluding tert-OH is 1. The van der Waals surface area contributed by atoms with Crippen LogP contribution >= 0.6 is 0 Å². The van der Waals surface area contributed by atoms with Crippen LogP contribution in [0.3, 0.4) is 0 Å². The standard InChI is InChI=1S/C24H28F3N3O2/c1-15-10-16(2)12-18(11-15)23(6-4-5-7-23)13-19-28-17(3)21(31)20-22(32)29(8-9-30(19)20)14-24(25,26)27/h10-12,31H,3-9,13-14H2,1-2H3. The lowest BCUT2D eigenvalue weighted by Gasteiger charge is -2.42. The minimum Gasteiger partial charge on any atom is -0.504 e. The Labute approximate surface area is 185 Å². The molecule has 1 amide bonds. The highest BCUT2D eigenvalue weighted by Crippen LogP contribution is 2.46. The first kappa shape index (κ1) is 22.4. The van der Waals surface area contributed by atoms with E-state index in [0.29, 0.717) is 12.3 Å². The van der Waals surface area contributed by atoms with E-state index in [2.05, 4.69) is 43.6 Å². The van der Waals surface area contributed by atoms with Gasteiger partial charge in [0.2, 0.25) is 0 Å². The van der Waals surface area contributed by atoms with Gasteiger partial charge in [0.15, 0.2) is 11.5 Å². The molecular weight excluding hydrogens is 419 g/mol. The molecule has 1 saturated heterocycles. The quantitative estimate of drug-likeness (QED) is 0.714. The van der Waals surface area contributed by atoms with Crippen LogP contribution < -0.4 is 0 Å². The number of amidine groups is 1. The van der Waals surface area contributed by atoms with Crippen molar-refractivity contribution >= 4 is 11.7 Å². The van der Waals surface area contributed by atoms with Crippen molar-refractivity contribution < 1.29 is 23.1 Å². The van der Waals surface area contributed by atoms with E-state index in [4.69, 9.17) is 0 Å². The van der Waals surface area contributed by atoms with Gasteiger partial charge in [-0.2, -0.15) is 13.2 Å². The topological polar surface area (TPSA) is 56.1 Å². The summed E-state index contributed by atoms with van der Waals surface area (Å²) in [4.78, 5) is 19.7. The number of halogens is 3. The molecule has 0 radical (unpaired) electrons. The number of carbonyl (C=O) groups is 1.